The van der Waals surface area contributed by atoms with Crippen molar-refractivity contribution in [3.63, 3.8) is 0 Å². The van der Waals surface area contributed by atoms with Crippen molar-refractivity contribution in [2.24, 2.45) is 5.92 Å². The minimum atomic E-state index is 0.190. The molecule has 0 aromatic heterocycles. The van der Waals surface area contributed by atoms with Gasteiger partial charge in [0.1, 0.15) is 6.29 Å². The number of unbranched alkanes of at least 4 members (excludes halogenated alkanes) is 4. The van der Waals surface area contributed by atoms with Gasteiger partial charge in [0.25, 0.3) is 0 Å². The molecule has 0 amide bonds. The Bertz CT molecular complexity index is 104. The van der Waals surface area contributed by atoms with Gasteiger partial charge in [-0.3, -0.25) is 0 Å². The van der Waals surface area contributed by atoms with Gasteiger partial charge in [-0.1, -0.05) is 39.0 Å². The Labute approximate surface area is 81.3 Å². The number of thiol groups is 1. The first-order valence-corrected chi connectivity index (χ1v) is 5.54. The molecule has 0 aromatic rings. The molecule has 12 heavy (non-hydrogen) atoms. The third-order valence-electron chi connectivity index (χ3n) is 2.11. The van der Waals surface area contributed by atoms with Gasteiger partial charge >= 0.3 is 0 Å². The van der Waals surface area contributed by atoms with Crippen molar-refractivity contribution < 1.29 is 4.79 Å². The fourth-order valence-electron chi connectivity index (χ4n) is 1.21. The first-order chi connectivity index (χ1) is 5.85. The van der Waals surface area contributed by atoms with E-state index < -0.39 is 0 Å². The lowest BCUT2D eigenvalue weighted by atomic mass is 10.0. The van der Waals surface area contributed by atoms with Crippen molar-refractivity contribution in [2.75, 3.05) is 5.75 Å². The van der Waals surface area contributed by atoms with Crippen molar-refractivity contribution in [1.29, 1.82) is 0 Å². The van der Waals surface area contributed by atoms with Gasteiger partial charge in [-0.15, -0.1) is 0 Å². The lowest BCUT2D eigenvalue weighted by Gasteiger charge is -2.05. The maximum absolute atomic E-state index is 10.4. The van der Waals surface area contributed by atoms with Crippen LogP contribution in [0.15, 0.2) is 0 Å². The van der Waals surface area contributed by atoms with E-state index in [0.717, 1.165) is 12.7 Å². The van der Waals surface area contributed by atoms with Crippen LogP contribution >= 0.6 is 12.6 Å². The number of carbonyl (C=O) groups is 1. The maximum Gasteiger partial charge on any atom is 0.123 e. The third-order valence-corrected chi connectivity index (χ3v) is 2.57. The molecule has 0 rings (SSSR count). The van der Waals surface area contributed by atoms with Crippen LogP contribution in [0.25, 0.3) is 0 Å². The van der Waals surface area contributed by atoms with E-state index in [0.29, 0.717) is 5.75 Å². The molecule has 0 spiro atoms. The monoisotopic (exact) mass is 188 g/mol. The van der Waals surface area contributed by atoms with E-state index >= 15 is 0 Å². The van der Waals surface area contributed by atoms with Crippen molar-refractivity contribution in [1.82, 2.24) is 0 Å². The third kappa shape index (κ3) is 6.71. The van der Waals surface area contributed by atoms with Crippen LogP contribution in [-0.4, -0.2) is 12.0 Å². The van der Waals surface area contributed by atoms with Crippen molar-refractivity contribution in [3.8, 4) is 0 Å². The molecular weight excluding hydrogens is 168 g/mol. The molecule has 0 heterocycles. The topological polar surface area (TPSA) is 17.1 Å². The van der Waals surface area contributed by atoms with Gasteiger partial charge in [-0.2, -0.15) is 12.6 Å². The van der Waals surface area contributed by atoms with E-state index in [1.54, 1.807) is 0 Å². The van der Waals surface area contributed by atoms with E-state index in [1.165, 1.54) is 32.1 Å². The summed E-state index contributed by atoms with van der Waals surface area (Å²) >= 11 is 4.11. The molecule has 0 aliphatic heterocycles. The SMILES string of the molecule is CCCCCCCC(C=O)CS. The molecule has 0 saturated carbocycles. The first kappa shape index (κ1) is 12.0. The summed E-state index contributed by atoms with van der Waals surface area (Å²) in [6.07, 6.45) is 8.43. The molecule has 0 fully saturated rings. The second-order valence-corrected chi connectivity index (χ2v) is 3.65. The van der Waals surface area contributed by atoms with Crippen LogP contribution in [-0.2, 0) is 4.79 Å². The molecule has 0 N–H and O–H groups in total. The van der Waals surface area contributed by atoms with E-state index in [4.69, 9.17) is 0 Å². The van der Waals surface area contributed by atoms with Gasteiger partial charge in [0, 0.05) is 5.92 Å². The van der Waals surface area contributed by atoms with Crippen LogP contribution < -0.4 is 0 Å². The normalized spacial score (nSPS) is 12.8. The fourth-order valence-corrected chi connectivity index (χ4v) is 1.48. The summed E-state index contributed by atoms with van der Waals surface area (Å²) in [6, 6.07) is 0. The van der Waals surface area contributed by atoms with Crippen LogP contribution in [0.5, 0.6) is 0 Å². The van der Waals surface area contributed by atoms with Gasteiger partial charge in [-0.25, -0.2) is 0 Å². The highest BCUT2D eigenvalue weighted by Crippen LogP contribution is 2.10. The van der Waals surface area contributed by atoms with E-state index in [1.807, 2.05) is 0 Å². The summed E-state index contributed by atoms with van der Waals surface area (Å²) in [6.45, 7) is 2.21. The highest BCUT2D eigenvalue weighted by molar-refractivity contribution is 7.80. The Kier molecular flexibility index (Phi) is 9.13. The lowest BCUT2D eigenvalue weighted by molar-refractivity contribution is -0.110. The molecule has 72 valence electrons. The number of hydrogen-bond acceptors (Lipinski definition) is 2. The maximum atomic E-state index is 10.4. The standard InChI is InChI=1S/C10H20OS/c1-2-3-4-5-6-7-10(8-11)9-12/h8,10,12H,2-7,9H2,1H3. The van der Waals surface area contributed by atoms with E-state index in [9.17, 15) is 4.79 Å². The van der Waals surface area contributed by atoms with Crippen molar-refractivity contribution in [2.45, 2.75) is 45.4 Å². The zero-order chi connectivity index (χ0) is 9.23. The molecule has 1 unspecified atom stereocenters. The van der Waals surface area contributed by atoms with Gasteiger partial charge in [0.2, 0.25) is 0 Å². The predicted molar refractivity (Wildman–Crippen MR) is 56.8 cm³/mol. The molecule has 1 atom stereocenters. The predicted octanol–water partition coefficient (Wildman–Crippen LogP) is 3.09. The molecule has 0 aliphatic rings. The summed E-state index contributed by atoms with van der Waals surface area (Å²) in [4.78, 5) is 10.4. The fraction of sp³-hybridized carbons (Fsp3) is 0.900. The van der Waals surface area contributed by atoms with Gasteiger partial charge < -0.3 is 4.79 Å². The molecule has 2 heteroatoms. The van der Waals surface area contributed by atoms with Crippen LogP contribution in [0.3, 0.4) is 0 Å². The molecule has 0 saturated heterocycles. The Balaban J connectivity index is 3.12. The molecular formula is C10H20OS. The van der Waals surface area contributed by atoms with Crippen LogP contribution in [0.2, 0.25) is 0 Å². The molecule has 0 aliphatic carbocycles. The minimum absolute atomic E-state index is 0.190. The highest BCUT2D eigenvalue weighted by Gasteiger charge is 2.03. The van der Waals surface area contributed by atoms with E-state index in [-0.39, 0.29) is 5.92 Å². The van der Waals surface area contributed by atoms with Gasteiger partial charge in [-0.05, 0) is 12.2 Å². The average Bonchev–Trinajstić information content (AvgIpc) is 2.11. The summed E-state index contributed by atoms with van der Waals surface area (Å²) in [5.74, 6) is 0.895. The zero-order valence-electron chi connectivity index (χ0n) is 7.96. The minimum Gasteiger partial charge on any atom is -0.303 e. The summed E-state index contributed by atoms with van der Waals surface area (Å²) in [7, 11) is 0. The van der Waals surface area contributed by atoms with Gasteiger partial charge in [0.05, 0.1) is 0 Å². The number of hydrogen-bond donors (Lipinski definition) is 1. The van der Waals surface area contributed by atoms with Crippen LogP contribution in [0, 0.1) is 5.92 Å². The Morgan fingerprint density at radius 2 is 1.92 bits per heavy atom. The average molecular weight is 188 g/mol. The first-order valence-electron chi connectivity index (χ1n) is 4.91. The second-order valence-electron chi connectivity index (χ2n) is 3.28. The van der Waals surface area contributed by atoms with Crippen LogP contribution in [0.1, 0.15) is 45.4 Å². The number of carbonyl (C=O) groups excluding carboxylic acids is 1. The quantitative estimate of drug-likeness (QED) is 0.352. The molecule has 0 bridgehead atoms. The summed E-state index contributed by atoms with van der Waals surface area (Å²) in [5.41, 5.74) is 0. The van der Waals surface area contributed by atoms with Crippen molar-refractivity contribution >= 4 is 18.9 Å². The smallest absolute Gasteiger partial charge is 0.123 e. The number of rotatable bonds is 8. The largest absolute Gasteiger partial charge is 0.303 e. The van der Waals surface area contributed by atoms with E-state index in [2.05, 4.69) is 19.6 Å². The van der Waals surface area contributed by atoms with Crippen molar-refractivity contribution in [3.05, 3.63) is 0 Å². The molecule has 0 radical (unpaired) electrons. The Hall–Kier alpha value is 0.0200. The Morgan fingerprint density at radius 3 is 2.42 bits per heavy atom. The highest BCUT2D eigenvalue weighted by atomic mass is 32.1. The second kappa shape index (κ2) is 9.11. The Morgan fingerprint density at radius 1 is 1.25 bits per heavy atom. The van der Waals surface area contributed by atoms with Gasteiger partial charge in [0.15, 0.2) is 0 Å². The lowest BCUT2D eigenvalue weighted by Crippen LogP contribution is -2.03. The van der Waals surface area contributed by atoms with Crippen LogP contribution in [0.4, 0.5) is 0 Å². The molecule has 1 nitrogen and oxygen atoms in total. The number of aldehydes is 1. The zero-order valence-corrected chi connectivity index (χ0v) is 8.85. The summed E-state index contributed by atoms with van der Waals surface area (Å²) in [5, 5.41) is 0. The molecule has 0 aromatic carbocycles. The summed E-state index contributed by atoms with van der Waals surface area (Å²) < 4.78 is 0.